The van der Waals surface area contributed by atoms with Crippen molar-refractivity contribution in [2.75, 3.05) is 0 Å². The number of aliphatic hydroxyl groups excluding tert-OH is 1. The molecule has 0 radical (unpaired) electrons. The summed E-state index contributed by atoms with van der Waals surface area (Å²) in [5.74, 6) is -0.225. The first-order valence-electron chi connectivity index (χ1n) is 6.87. The fourth-order valence-corrected chi connectivity index (χ4v) is 2.66. The van der Waals surface area contributed by atoms with Crippen molar-refractivity contribution in [2.45, 2.75) is 18.6 Å². The van der Waals surface area contributed by atoms with E-state index in [2.05, 4.69) is 10.4 Å². The molecule has 5 heteroatoms. The highest BCUT2D eigenvalue weighted by atomic mass is 16.3. The maximum absolute atomic E-state index is 12.0. The fraction of sp³-hybridized carbons (Fsp3) is 0.250. The number of hydrogen-bond donors (Lipinski definition) is 2. The Bertz CT molecular complexity index is 690. The lowest BCUT2D eigenvalue weighted by Crippen LogP contribution is -2.32. The minimum Gasteiger partial charge on any atom is -0.390 e. The third-order valence-electron chi connectivity index (χ3n) is 3.77. The molecule has 108 valence electrons. The van der Waals surface area contributed by atoms with Crippen LogP contribution in [0.25, 0.3) is 6.08 Å². The number of fused-ring (bicyclic) bond motifs is 1. The van der Waals surface area contributed by atoms with Gasteiger partial charge < -0.3 is 10.4 Å². The van der Waals surface area contributed by atoms with E-state index in [-0.39, 0.29) is 11.9 Å². The van der Waals surface area contributed by atoms with Crippen molar-refractivity contribution in [2.24, 2.45) is 7.05 Å². The van der Waals surface area contributed by atoms with Gasteiger partial charge in [-0.15, -0.1) is 0 Å². The summed E-state index contributed by atoms with van der Waals surface area (Å²) in [6.07, 6.45) is 4.85. The Kier molecular flexibility index (Phi) is 3.58. The van der Waals surface area contributed by atoms with Crippen molar-refractivity contribution in [3.63, 3.8) is 0 Å². The highest BCUT2D eigenvalue weighted by Gasteiger charge is 2.31. The first kappa shape index (κ1) is 13.6. The molecule has 0 unspecified atom stereocenters. The minimum atomic E-state index is -0.573. The molecule has 1 aliphatic rings. The Balaban J connectivity index is 1.71. The smallest absolute Gasteiger partial charge is 0.244 e. The summed E-state index contributed by atoms with van der Waals surface area (Å²) in [6.45, 7) is 0. The first-order valence-corrected chi connectivity index (χ1v) is 6.87. The molecule has 1 aliphatic carbocycles. The van der Waals surface area contributed by atoms with Crippen LogP contribution in [-0.4, -0.2) is 26.9 Å². The number of nitrogens with zero attached hydrogens (tertiary/aromatic N) is 2. The molecule has 0 fully saturated rings. The van der Waals surface area contributed by atoms with Crippen LogP contribution in [0.5, 0.6) is 0 Å². The van der Waals surface area contributed by atoms with Gasteiger partial charge in [-0.05, 0) is 23.3 Å². The summed E-state index contributed by atoms with van der Waals surface area (Å²) in [4.78, 5) is 12.0. The third kappa shape index (κ3) is 2.73. The largest absolute Gasteiger partial charge is 0.390 e. The van der Waals surface area contributed by atoms with Gasteiger partial charge in [0.25, 0.3) is 0 Å². The summed E-state index contributed by atoms with van der Waals surface area (Å²) >= 11 is 0. The zero-order valence-corrected chi connectivity index (χ0v) is 11.7. The Hall–Kier alpha value is -2.40. The molecule has 1 aromatic heterocycles. The monoisotopic (exact) mass is 283 g/mol. The molecule has 1 heterocycles. The van der Waals surface area contributed by atoms with Crippen LogP contribution in [0.4, 0.5) is 0 Å². The lowest BCUT2D eigenvalue weighted by molar-refractivity contribution is -0.117. The second-order valence-corrected chi connectivity index (χ2v) is 5.17. The summed E-state index contributed by atoms with van der Waals surface area (Å²) < 4.78 is 1.68. The quantitative estimate of drug-likeness (QED) is 0.832. The Morgan fingerprint density at radius 1 is 1.43 bits per heavy atom. The topological polar surface area (TPSA) is 67.2 Å². The molecule has 0 saturated heterocycles. The van der Waals surface area contributed by atoms with Gasteiger partial charge in [-0.2, -0.15) is 5.10 Å². The lowest BCUT2D eigenvalue weighted by Gasteiger charge is -2.16. The second kappa shape index (κ2) is 5.54. The highest BCUT2D eigenvalue weighted by molar-refractivity contribution is 5.91. The molecule has 2 atom stereocenters. The van der Waals surface area contributed by atoms with E-state index in [1.165, 1.54) is 6.08 Å². The molecule has 1 aromatic carbocycles. The van der Waals surface area contributed by atoms with Crippen LogP contribution in [0.15, 0.2) is 42.6 Å². The van der Waals surface area contributed by atoms with Gasteiger partial charge in [0, 0.05) is 25.7 Å². The number of carbonyl (C=O) groups is 1. The number of carbonyl (C=O) groups excluding carboxylic acids is 1. The van der Waals surface area contributed by atoms with E-state index in [9.17, 15) is 9.90 Å². The van der Waals surface area contributed by atoms with E-state index in [1.54, 1.807) is 17.0 Å². The number of rotatable bonds is 3. The van der Waals surface area contributed by atoms with Gasteiger partial charge in [-0.1, -0.05) is 24.3 Å². The molecule has 1 amide bonds. The molecular formula is C16H17N3O2. The number of nitrogens with one attached hydrogen (secondary N) is 1. The van der Waals surface area contributed by atoms with Gasteiger partial charge in [0.2, 0.25) is 5.91 Å². The second-order valence-electron chi connectivity index (χ2n) is 5.17. The molecule has 2 N–H and O–H groups in total. The van der Waals surface area contributed by atoms with E-state index < -0.39 is 6.10 Å². The number of aromatic nitrogens is 2. The fourth-order valence-electron chi connectivity index (χ4n) is 2.66. The van der Waals surface area contributed by atoms with Crippen LogP contribution in [-0.2, 0) is 18.3 Å². The highest BCUT2D eigenvalue weighted by Crippen LogP contribution is 2.31. The molecule has 5 nitrogen and oxygen atoms in total. The van der Waals surface area contributed by atoms with Crippen molar-refractivity contribution < 1.29 is 9.90 Å². The number of amides is 1. The van der Waals surface area contributed by atoms with E-state index in [4.69, 9.17) is 0 Å². The van der Waals surface area contributed by atoms with E-state index in [0.29, 0.717) is 6.42 Å². The molecule has 0 aliphatic heterocycles. The van der Waals surface area contributed by atoms with Crippen molar-refractivity contribution in [3.05, 3.63) is 59.4 Å². The summed E-state index contributed by atoms with van der Waals surface area (Å²) in [5, 5.41) is 17.0. The average molecular weight is 283 g/mol. The summed E-state index contributed by atoms with van der Waals surface area (Å²) in [6, 6.07) is 9.27. The molecule has 0 bridgehead atoms. The Morgan fingerprint density at radius 3 is 3.00 bits per heavy atom. The Morgan fingerprint density at radius 2 is 2.24 bits per heavy atom. The van der Waals surface area contributed by atoms with Crippen molar-refractivity contribution >= 4 is 12.0 Å². The number of aliphatic hydroxyl groups is 1. The Labute approximate surface area is 122 Å². The zero-order valence-electron chi connectivity index (χ0n) is 11.7. The van der Waals surface area contributed by atoms with E-state index in [0.717, 1.165) is 16.8 Å². The predicted octanol–water partition coefficient (Wildman–Crippen LogP) is 1.21. The molecule has 21 heavy (non-hydrogen) atoms. The summed E-state index contributed by atoms with van der Waals surface area (Å²) in [5.41, 5.74) is 2.93. The molecule has 2 aromatic rings. The lowest BCUT2D eigenvalue weighted by atomic mass is 10.1. The van der Waals surface area contributed by atoms with E-state index >= 15 is 0 Å². The zero-order chi connectivity index (χ0) is 14.8. The molecule has 0 saturated carbocycles. The minimum absolute atomic E-state index is 0.225. The van der Waals surface area contributed by atoms with Gasteiger partial charge in [-0.25, -0.2) is 0 Å². The normalized spacial score (nSPS) is 20.7. The predicted molar refractivity (Wildman–Crippen MR) is 79.3 cm³/mol. The van der Waals surface area contributed by atoms with Crippen LogP contribution in [0.3, 0.4) is 0 Å². The summed E-state index contributed by atoms with van der Waals surface area (Å²) in [7, 11) is 1.81. The van der Waals surface area contributed by atoms with E-state index in [1.807, 2.05) is 37.4 Å². The number of hydrogen-bond acceptors (Lipinski definition) is 3. The maximum Gasteiger partial charge on any atom is 0.244 e. The van der Waals surface area contributed by atoms with Crippen molar-refractivity contribution in [1.82, 2.24) is 15.1 Å². The van der Waals surface area contributed by atoms with Gasteiger partial charge in [0.15, 0.2) is 0 Å². The van der Waals surface area contributed by atoms with Crippen LogP contribution in [0.2, 0.25) is 0 Å². The van der Waals surface area contributed by atoms with Gasteiger partial charge in [0.05, 0.1) is 17.8 Å². The van der Waals surface area contributed by atoms with Gasteiger partial charge >= 0.3 is 0 Å². The van der Waals surface area contributed by atoms with Gasteiger partial charge in [-0.3, -0.25) is 9.48 Å². The number of benzene rings is 1. The third-order valence-corrected chi connectivity index (χ3v) is 3.77. The van der Waals surface area contributed by atoms with Crippen LogP contribution in [0.1, 0.15) is 22.9 Å². The number of aryl methyl sites for hydroxylation is 1. The van der Waals surface area contributed by atoms with Gasteiger partial charge in [0.1, 0.15) is 0 Å². The average Bonchev–Trinajstić information content (AvgIpc) is 3.01. The van der Waals surface area contributed by atoms with Crippen LogP contribution in [0, 0.1) is 0 Å². The molecular weight excluding hydrogens is 266 g/mol. The van der Waals surface area contributed by atoms with Crippen LogP contribution < -0.4 is 5.32 Å². The molecule has 0 spiro atoms. The van der Waals surface area contributed by atoms with Crippen molar-refractivity contribution in [1.29, 1.82) is 0 Å². The standard InChI is InChI=1S/C16H17N3O2/c1-19-12(8-9-17-19)6-7-15(21)18-16-13-5-3-2-4-11(13)10-14(16)20/h2-9,14,16,20H,10H2,1H3,(H,18,21)/b7-6+/t14-,16+/m0/s1. The first-order chi connectivity index (χ1) is 10.1. The SMILES string of the molecule is Cn1nccc1/C=C/C(=O)N[C@@H]1c2ccccc2C[C@@H]1O. The molecule has 3 rings (SSSR count). The maximum atomic E-state index is 12.0. The van der Waals surface area contributed by atoms with Crippen molar-refractivity contribution in [3.8, 4) is 0 Å². The van der Waals surface area contributed by atoms with Crippen LogP contribution >= 0.6 is 0 Å².